The van der Waals surface area contributed by atoms with E-state index in [0.717, 1.165) is 6.42 Å². The predicted octanol–water partition coefficient (Wildman–Crippen LogP) is 2.74. The third-order valence-electron chi connectivity index (χ3n) is 5.27. The molecule has 0 spiro atoms. The Morgan fingerprint density at radius 2 is 2.00 bits per heavy atom. The van der Waals surface area contributed by atoms with E-state index in [-0.39, 0.29) is 16.6 Å². The highest BCUT2D eigenvalue weighted by Crippen LogP contribution is 2.31. The maximum atomic E-state index is 12.7. The molecule has 2 aromatic carbocycles. The van der Waals surface area contributed by atoms with E-state index in [1.807, 2.05) is 12.1 Å². The van der Waals surface area contributed by atoms with Gasteiger partial charge in [0.1, 0.15) is 5.75 Å². The number of nitrogens with one attached hydrogen (secondary N) is 2. The van der Waals surface area contributed by atoms with Crippen molar-refractivity contribution in [2.45, 2.75) is 24.2 Å². The lowest BCUT2D eigenvalue weighted by Crippen LogP contribution is -2.33. The average Bonchev–Trinajstić information content (AvgIpc) is 3.12. The van der Waals surface area contributed by atoms with Crippen LogP contribution >= 0.6 is 0 Å². The van der Waals surface area contributed by atoms with Gasteiger partial charge >= 0.3 is 6.03 Å². The topological polar surface area (TPSA) is 95.6 Å². The molecule has 2 heterocycles. The summed E-state index contributed by atoms with van der Waals surface area (Å²) < 4.78 is 24.5. The molecule has 2 aliphatic rings. The van der Waals surface area contributed by atoms with Crippen molar-refractivity contribution in [3.63, 3.8) is 0 Å². The second kappa shape index (κ2) is 6.94. The van der Waals surface area contributed by atoms with E-state index in [1.165, 1.54) is 23.3 Å². The van der Waals surface area contributed by atoms with Gasteiger partial charge in [0, 0.05) is 24.7 Å². The number of likely N-dealkylation sites (tertiary alicyclic amines) is 1. The van der Waals surface area contributed by atoms with Crippen molar-refractivity contribution in [1.82, 2.24) is 4.90 Å². The third kappa shape index (κ3) is 3.47. The van der Waals surface area contributed by atoms with Gasteiger partial charge in [0.05, 0.1) is 10.6 Å². The van der Waals surface area contributed by atoms with Crippen LogP contribution in [0.5, 0.6) is 0 Å². The number of aryl methyl sites for hydroxylation is 1. The molecule has 2 aromatic rings. The zero-order valence-electron chi connectivity index (χ0n) is 15.4. The number of fused-ring (bicyclic) bond motifs is 1. The Labute approximate surface area is 163 Å². The van der Waals surface area contributed by atoms with Crippen molar-refractivity contribution in [2.24, 2.45) is 0 Å². The SMILES string of the molecule is Cc1ccccc1C1CCN(C(=O)Nc2ccc3c(c2)S(=O)(=O)CC(=O)N3)C1. The van der Waals surface area contributed by atoms with Crippen LogP contribution in [0, 0.1) is 6.92 Å². The monoisotopic (exact) mass is 399 g/mol. The summed E-state index contributed by atoms with van der Waals surface area (Å²) in [5.41, 5.74) is 3.11. The first-order valence-electron chi connectivity index (χ1n) is 9.11. The van der Waals surface area contributed by atoms with Gasteiger partial charge in [-0.1, -0.05) is 24.3 Å². The van der Waals surface area contributed by atoms with Crippen molar-refractivity contribution in [3.05, 3.63) is 53.6 Å². The highest BCUT2D eigenvalue weighted by atomic mass is 32.2. The number of carbonyl (C=O) groups is 2. The molecule has 0 saturated carbocycles. The van der Waals surface area contributed by atoms with Gasteiger partial charge in [0.2, 0.25) is 5.91 Å². The van der Waals surface area contributed by atoms with Gasteiger partial charge in [0.15, 0.2) is 9.84 Å². The van der Waals surface area contributed by atoms with Crippen LogP contribution in [0.3, 0.4) is 0 Å². The number of urea groups is 1. The molecule has 28 heavy (non-hydrogen) atoms. The van der Waals surface area contributed by atoms with E-state index in [1.54, 1.807) is 11.0 Å². The van der Waals surface area contributed by atoms with Crippen LogP contribution < -0.4 is 10.6 Å². The Kier molecular flexibility index (Phi) is 4.58. The van der Waals surface area contributed by atoms with Crippen molar-refractivity contribution in [3.8, 4) is 0 Å². The molecular formula is C20H21N3O4S. The molecule has 2 N–H and O–H groups in total. The largest absolute Gasteiger partial charge is 0.324 e. The number of hydrogen-bond acceptors (Lipinski definition) is 4. The molecule has 3 amide bonds. The van der Waals surface area contributed by atoms with Gasteiger partial charge in [-0.3, -0.25) is 4.79 Å². The van der Waals surface area contributed by atoms with Crippen LogP contribution in [0.4, 0.5) is 16.2 Å². The number of hydrogen-bond donors (Lipinski definition) is 2. The van der Waals surface area contributed by atoms with Crippen molar-refractivity contribution >= 4 is 33.2 Å². The maximum Gasteiger partial charge on any atom is 0.321 e. The lowest BCUT2D eigenvalue weighted by atomic mass is 9.94. The van der Waals surface area contributed by atoms with Crippen molar-refractivity contribution in [1.29, 1.82) is 0 Å². The van der Waals surface area contributed by atoms with E-state index >= 15 is 0 Å². The summed E-state index contributed by atoms with van der Waals surface area (Å²) in [5.74, 6) is -0.837. The molecule has 146 valence electrons. The van der Waals surface area contributed by atoms with Crippen LogP contribution in [0.15, 0.2) is 47.4 Å². The van der Waals surface area contributed by atoms with Crippen LogP contribution in [0.25, 0.3) is 0 Å². The van der Waals surface area contributed by atoms with Gasteiger partial charge in [0.25, 0.3) is 0 Å². The number of benzene rings is 2. The summed E-state index contributed by atoms with van der Waals surface area (Å²) in [6.45, 7) is 3.34. The zero-order valence-corrected chi connectivity index (χ0v) is 16.3. The summed E-state index contributed by atoms with van der Waals surface area (Å²) in [6.07, 6.45) is 0.892. The van der Waals surface area contributed by atoms with Crippen LogP contribution in [-0.4, -0.2) is 44.1 Å². The molecule has 2 aliphatic heterocycles. The number of amides is 3. The fraction of sp³-hybridized carbons (Fsp3) is 0.300. The minimum absolute atomic E-state index is 0.0316. The molecule has 8 heteroatoms. The van der Waals surface area contributed by atoms with Gasteiger partial charge in [-0.2, -0.15) is 0 Å². The minimum atomic E-state index is -3.70. The zero-order chi connectivity index (χ0) is 19.9. The fourth-order valence-electron chi connectivity index (χ4n) is 3.84. The second-order valence-electron chi connectivity index (χ2n) is 7.24. The van der Waals surface area contributed by atoms with E-state index in [2.05, 4.69) is 29.7 Å². The molecule has 7 nitrogen and oxygen atoms in total. The standard InChI is InChI=1S/C20H21N3O4S/c1-13-4-2-3-5-16(13)14-8-9-23(11-14)20(25)21-15-6-7-17-18(10-15)28(26,27)12-19(24)22-17/h2-7,10,14H,8-9,11-12H2,1H3,(H,21,25)(H,22,24). The van der Waals surface area contributed by atoms with Gasteiger partial charge in [-0.25, -0.2) is 13.2 Å². The first-order chi connectivity index (χ1) is 13.3. The van der Waals surface area contributed by atoms with Gasteiger partial charge < -0.3 is 15.5 Å². The van der Waals surface area contributed by atoms with E-state index < -0.39 is 21.5 Å². The second-order valence-corrected chi connectivity index (χ2v) is 9.19. The predicted molar refractivity (Wildman–Crippen MR) is 106 cm³/mol. The Bertz CT molecular complexity index is 1060. The highest BCUT2D eigenvalue weighted by Gasteiger charge is 2.30. The Morgan fingerprint density at radius 1 is 1.21 bits per heavy atom. The first kappa shape index (κ1) is 18.5. The Hall–Kier alpha value is -2.87. The molecule has 1 unspecified atom stereocenters. The number of rotatable bonds is 2. The summed E-state index contributed by atoms with van der Waals surface area (Å²) in [5, 5.41) is 5.32. The number of carbonyl (C=O) groups excluding carboxylic acids is 2. The minimum Gasteiger partial charge on any atom is -0.324 e. The molecule has 1 fully saturated rings. The molecular weight excluding hydrogens is 378 g/mol. The maximum absolute atomic E-state index is 12.7. The Balaban J connectivity index is 1.48. The summed E-state index contributed by atoms with van der Waals surface area (Å²) >= 11 is 0. The molecule has 0 radical (unpaired) electrons. The van der Waals surface area contributed by atoms with Gasteiger partial charge in [-0.15, -0.1) is 0 Å². The van der Waals surface area contributed by atoms with Crippen molar-refractivity contribution in [2.75, 3.05) is 29.5 Å². The normalized spacial score (nSPS) is 20.4. The average molecular weight is 399 g/mol. The van der Waals surface area contributed by atoms with Gasteiger partial charge in [-0.05, 0) is 42.7 Å². The van der Waals surface area contributed by atoms with E-state index in [0.29, 0.717) is 24.7 Å². The molecule has 4 rings (SSSR count). The molecule has 0 aromatic heterocycles. The van der Waals surface area contributed by atoms with Crippen LogP contribution in [0.2, 0.25) is 0 Å². The smallest absolute Gasteiger partial charge is 0.321 e. The lowest BCUT2D eigenvalue weighted by molar-refractivity contribution is -0.114. The van der Waals surface area contributed by atoms with Crippen molar-refractivity contribution < 1.29 is 18.0 Å². The first-order valence-corrected chi connectivity index (χ1v) is 10.8. The molecule has 1 saturated heterocycles. The van der Waals surface area contributed by atoms with E-state index in [4.69, 9.17) is 0 Å². The quantitative estimate of drug-likeness (QED) is 0.812. The summed E-state index contributed by atoms with van der Waals surface area (Å²) in [7, 11) is -3.70. The molecule has 0 aliphatic carbocycles. The number of nitrogens with zero attached hydrogens (tertiary/aromatic N) is 1. The fourth-order valence-corrected chi connectivity index (χ4v) is 5.18. The third-order valence-corrected chi connectivity index (χ3v) is 6.92. The highest BCUT2D eigenvalue weighted by molar-refractivity contribution is 7.92. The lowest BCUT2D eigenvalue weighted by Gasteiger charge is -2.20. The van der Waals surface area contributed by atoms with Crippen LogP contribution in [-0.2, 0) is 14.6 Å². The van der Waals surface area contributed by atoms with E-state index in [9.17, 15) is 18.0 Å². The number of anilines is 2. The summed E-state index contributed by atoms with van der Waals surface area (Å²) in [4.78, 5) is 25.9. The molecule has 0 bridgehead atoms. The summed E-state index contributed by atoms with van der Waals surface area (Å²) in [6, 6.07) is 12.4. The number of sulfone groups is 1. The van der Waals surface area contributed by atoms with Crippen LogP contribution in [0.1, 0.15) is 23.5 Å². The Morgan fingerprint density at radius 3 is 2.79 bits per heavy atom. The molecule has 1 atom stereocenters.